The van der Waals surface area contributed by atoms with Gasteiger partial charge in [0.15, 0.2) is 9.84 Å². The number of sulfone groups is 1. The van der Waals surface area contributed by atoms with Crippen LogP contribution in [0, 0.1) is 17.8 Å². The molecule has 2 aromatic rings. The molecule has 2 aliphatic carbocycles. The maximum Gasteiger partial charge on any atom is 0.235 e. The van der Waals surface area contributed by atoms with E-state index in [0.29, 0.717) is 30.1 Å². The first-order chi connectivity index (χ1) is 17.7. The van der Waals surface area contributed by atoms with Crippen LogP contribution in [0.15, 0.2) is 41.3 Å². The number of carbonyl (C=O) groups is 1. The molecule has 2 aliphatic heterocycles. The second-order valence-electron chi connectivity index (χ2n) is 10.8. The lowest BCUT2D eigenvalue weighted by Gasteiger charge is -2.34. The number of nitrogens with one attached hydrogen (secondary N) is 4. The summed E-state index contributed by atoms with van der Waals surface area (Å²) in [6.07, 6.45) is 5.16. The van der Waals surface area contributed by atoms with Crippen molar-refractivity contribution in [3.05, 3.63) is 42.0 Å². The van der Waals surface area contributed by atoms with Gasteiger partial charge in [-0.2, -0.15) is 0 Å². The van der Waals surface area contributed by atoms with Crippen molar-refractivity contribution < 1.29 is 22.7 Å². The largest absolute Gasteiger partial charge is 0.497 e. The summed E-state index contributed by atoms with van der Waals surface area (Å²) in [7, 11) is -1.66. The first-order valence-electron chi connectivity index (χ1n) is 13.0. The number of ether oxygens (including phenoxy) is 2. The maximum absolute atomic E-state index is 13.1. The van der Waals surface area contributed by atoms with Crippen LogP contribution in [-0.4, -0.2) is 46.5 Å². The Labute approximate surface area is 217 Å². The fourth-order valence-corrected chi connectivity index (χ4v) is 7.45. The van der Waals surface area contributed by atoms with Gasteiger partial charge in [0.05, 0.1) is 35.9 Å². The Morgan fingerprint density at radius 3 is 2.73 bits per heavy atom. The molecular formula is C27H34N4O5S. The average Bonchev–Trinajstić information content (AvgIpc) is 3.43. The zero-order valence-corrected chi connectivity index (χ0v) is 22.2. The summed E-state index contributed by atoms with van der Waals surface area (Å²) >= 11 is 0. The van der Waals surface area contributed by atoms with E-state index in [1.165, 1.54) is 6.26 Å². The van der Waals surface area contributed by atoms with Crippen LogP contribution < -0.4 is 31.0 Å². The second-order valence-corrected chi connectivity index (χ2v) is 12.8. The van der Waals surface area contributed by atoms with E-state index in [9.17, 15) is 13.2 Å². The maximum atomic E-state index is 13.1. The van der Waals surface area contributed by atoms with E-state index in [0.717, 1.165) is 48.4 Å². The summed E-state index contributed by atoms with van der Waals surface area (Å²) in [5, 5.41) is 6.64. The molecule has 1 saturated heterocycles. The Balaban J connectivity index is 1.15. The smallest absolute Gasteiger partial charge is 0.235 e. The molecule has 3 fully saturated rings. The zero-order chi connectivity index (χ0) is 25.9. The van der Waals surface area contributed by atoms with Crippen molar-refractivity contribution >= 4 is 27.1 Å². The van der Waals surface area contributed by atoms with Gasteiger partial charge in [-0.05, 0) is 80.3 Å². The van der Waals surface area contributed by atoms with Crippen LogP contribution in [0.1, 0.15) is 38.2 Å². The molecule has 2 aromatic carbocycles. The number of hydrazine groups is 1. The minimum absolute atomic E-state index is 0.0119. The third-order valence-electron chi connectivity index (χ3n) is 8.73. The number of benzene rings is 2. The quantitative estimate of drug-likeness (QED) is 0.435. The van der Waals surface area contributed by atoms with Gasteiger partial charge in [0.25, 0.3) is 0 Å². The van der Waals surface area contributed by atoms with Gasteiger partial charge in [-0.1, -0.05) is 0 Å². The molecule has 10 heteroatoms. The predicted molar refractivity (Wildman–Crippen MR) is 140 cm³/mol. The normalized spacial score (nSPS) is 32.0. The summed E-state index contributed by atoms with van der Waals surface area (Å²) in [4.78, 5) is 13.3. The molecule has 0 aromatic heterocycles. The van der Waals surface area contributed by atoms with Crippen molar-refractivity contribution in [1.82, 2.24) is 10.9 Å². The van der Waals surface area contributed by atoms with Gasteiger partial charge >= 0.3 is 0 Å². The number of carbonyl (C=O) groups excluding carboxylic acids is 1. The highest BCUT2D eigenvalue weighted by Gasteiger charge is 2.67. The molecule has 198 valence electrons. The molecule has 6 rings (SSSR count). The van der Waals surface area contributed by atoms with Crippen LogP contribution in [0.5, 0.6) is 11.5 Å². The van der Waals surface area contributed by atoms with Crippen LogP contribution >= 0.6 is 0 Å². The SMILES string of the molecule is CCOc1cc(S(C)(=O)=O)ccc1NC1NNC2CC([C@@H]3C[C@@]34C(=O)Nc3ccc(OC)cc34)CCC21. The van der Waals surface area contributed by atoms with E-state index in [1.54, 1.807) is 25.3 Å². The predicted octanol–water partition coefficient (Wildman–Crippen LogP) is 3.04. The lowest BCUT2D eigenvalue weighted by molar-refractivity contribution is -0.118. The Morgan fingerprint density at radius 1 is 1.14 bits per heavy atom. The number of amides is 1. The number of methoxy groups -OCH3 is 1. The molecule has 1 amide bonds. The van der Waals surface area contributed by atoms with Crippen LogP contribution in [0.4, 0.5) is 11.4 Å². The number of rotatable bonds is 7. The highest BCUT2D eigenvalue weighted by atomic mass is 32.2. The molecule has 4 N–H and O–H groups in total. The Hall–Kier alpha value is -2.82. The molecule has 9 nitrogen and oxygen atoms in total. The number of hydrogen-bond donors (Lipinski definition) is 4. The summed E-state index contributed by atoms with van der Waals surface area (Å²) in [5.74, 6) is 2.61. The van der Waals surface area contributed by atoms with Crippen molar-refractivity contribution in [2.24, 2.45) is 17.8 Å². The number of hydrogen-bond acceptors (Lipinski definition) is 8. The van der Waals surface area contributed by atoms with E-state index in [2.05, 4.69) is 21.5 Å². The molecule has 37 heavy (non-hydrogen) atoms. The molecule has 0 bridgehead atoms. The van der Waals surface area contributed by atoms with Gasteiger partial charge in [-0.3, -0.25) is 10.2 Å². The van der Waals surface area contributed by atoms with Crippen LogP contribution in [0.3, 0.4) is 0 Å². The van der Waals surface area contributed by atoms with Crippen LogP contribution in [-0.2, 0) is 20.0 Å². The molecule has 2 saturated carbocycles. The van der Waals surface area contributed by atoms with E-state index < -0.39 is 15.3 Å². The zero-order valence-electron chi connectivity index (χ0n) is 21.3. The molecule has 4 aliphatic rings. The fraction of sp³-hybridized carbons (Fsp3) is 0.519. The van der Waals surface area contributed by atoms with E-state index in [-0.39, 0.29) is 23.0 Å². The van der Waals surface area contributed by atoms with Gasteiger partial charge in [0.1, 0.15) is 11.5 Å². The monoisotopic (exact) mass is 526 g/mol. The van der Waals surface area contributed by atoms with Gasteiger partial charge in [0, 0.05) is 30.0 Å². The van der Waals surface area contributed by atoms with Crippen molar-refractivity contribution in [1.29, 1.82) is 0 Å². The molecule has 4 unspecified atom stereocenters. The summed E-state index contributed by atoms with van der Waals surface area (Å²) in [6, 6.07) is 11.1. The van der Waals surface area contributed by atoms with E-state index >= 15 is 0 Å². The van der Waals surface area contributed by atoms with Gasteiger partial charge in [-0.15, -0.1) is 0 Å². The highest BCUT2D eigenvalue weighted by molar-refractivity contribution is 7.90. The molecule has 2 heterocycles. The molecule has 0 radical (unpaired) electrons. The van der Waals surface area contributed by atoms with Crippen molar-refractivity contribution in [2.75, 3.05) is 30.6 Å². The Morgan fingerprint density at radius 2 is 1.97 bits per heavy atom. The topological polar surface area (TPSA) is 118 Å². The van der Waals surface area contributed by atoms with Crippen molar-refractivity contribution in [3.8, 4) is 11.5 Å². The van der Waals surface area contributed by atoms with Gasteiger partial charge in [-0.25, -0.2) is 13.8 Å². The van der Waals surface area contributed by atoms with Gasteiger partial charge in [0.2, 0.25) is 5.91 Å². The number of anilines is 2. The number of fused-ring (bicyclic) bond motifs is 3. The summed E-state index contributed by atoms with van der Waals surface area (Å²) in [5.41, 5.74) is 9.25. The third kappa shape index (κ3) is 4.06. The minimum Gasteiger partial charge on any atom is -0.497 e. The molecule has 1 spiro atoms. The van der Waals surface area contributed by atoms with Crippen LogP contribution in [0.25, 0.3) is 0 Å². The summed E-state index contributed by atoms with van der Waals surface area (Å²) < 4.78 is 35.2. The standard InChI is InChI=1S/C27H34N4O5S/c1-4-36-24-13-17(37(3,33)34)7-10-22(24)28-25-18-8-5-15(11-23(18)30-31-25)20-14-27(20)19-12-16(35-2)6-9-21(19)29-26(27)32/h6-7,9-10,12-13,15,18,20,23,25,28,30-31H,4-5,8,11,14H2,1-3H3,(H,29,32)/t15?,18?,20-,23?,25?,27-/m0/s1. The first kappa shape index (κ1) is 24.5. The minimum atomic E-state index is -3.32. The van der Waals surface area contributed by atoms with Crippen molar-refractivity contribution in [3.63, 3.8) is 0 Å². The Bertz CT molecular complexity index is 1350. The molecule has 6 atom stereocenters. The lowest BCUT2D eigenvalue weighted by atomic mass is 9.74. The average molecular weight is 527 g/mol. The van der Waals surface area contributed by atoms with Gasteiger partial charge < -0.3 is 20.1 Å². The summed E-state index contributed by atoms with van der Waals surface area (Å²) in [6.45, 7) is 2.32. The van der Waals surface area contributed by atoms with Crippen molar-refractivity contribution in [2.45, 2.75) is 55.1 Å². The Kier molecular flexibility index (Phi) is 5.89. The highest BCUT2D eigenvalue weighted by Crippen LogP contribution is 2.65. The third-order valence-corrected chi connectivity index (χ3v) is 9.84. The van der Waals surface area contributed by atoms with Crippen LogP contribution in [0.2, 0.25) is 0 Å². The first-order valence-corrected chi connectivity index (χ1v) is 14.9. The second kappa shape index (κ2) is 8.89. The van der Waals surface area contributed by atoms with E-state index in [1.807, 2.05) is 25.1 Å². The fourth-order valence-electron chi connectivity index (χ4n) is 6.81. The van der Waals surface area contributed by atoms with E-state index in [4.69, 9.17) is 9.47 Å². The lowest BCUT2D eigenvalue weighted by Crippen LogP contribution is -2.39. The molecular weight excluding hydrogens is 492 g/mol.